The van der Waals surface area contributed by atoms with Gasteiger partial charge in [0, 0.05) is 11.5 Å². The molecule has 0 aliphatic rings. The third kappa shape index (κ3) is 2.85. The van der Waals surface area contributed by atoms with Gasteiger partial charge in [-0.1, -0.05) is 28.1 Å². The van der Waals surface area contributed by atoms with Crippen molar-refractivity contribution >= 4 is 22.0 Å². The molecule has 0 unspecified atom stereocenters. The Morgan fingerprint density at radius 2 is 2.36 bits per heavy atom. The Balaban J connectivity index is 2.73. The fraction of sp³-hybridized carbons (Fsp3) is 0.222. The van der Waals surface area contributed by atoms with Crippen LogP contribution in [0, 0.1) is 6.92 Å². The second-order valence-corrected chi connectivity index (χ2v) is 2.96. The molecular formula is C9H10BrN. The Kier molecular flexibility index (Phi) is 3.30. The van der Waals surface area contributed by atoms with E-state index in [1.807, 2.05) is 31.3 Å². The van der Waals surface area contributed by atoms with E-state index in [0.29, 0.717) is 0 Å². The number of hydrogen-bond acceptors (Lipinski definition) is 1. The van der Waals surface area contributed by atoms with E-state index >= 15 is 0 Å². The summed E-state index contributed by atoms with van der Waals surface area (Å²) in [4.78, 5) is 4.21. The molecule has 11 heavy (non-hydrogen) atoms. The van der Waals surface area contributed by atoms with Crippen molar-refractivity contribution in [3.63, 3.8) is 0 Å². The molecule has 1 aromatic heterocycles. The maximum atomic E-state index is 4.21. The molecule has 1 aromatic rings. The van der Waals surface area contributed by atoms with Crippen molar-refractivity contribution in [2.45, 2.75) is 6.92 Å². The molecular weight excluding hydrogens is 202 g/mol. The second kappa shape index (κ2) is 4.29. The lowest BCUT2D eigenvalue weighted by Gasteiger charge is -1.92. The van der Waals surface area contributed by atoms with Crippen molar-refractivity contribution in [1.82, 2.24) is 4.98 Å². The molecule has 1 nitrogen and oxygen atoms in total. The molecule has 0 bridgehead atoms. The van der Waals surface area contributed by atoms with E-state index < -0.39 is 0 Å². The summed E-state index contributed by atoms with van der Waals surface area (Å²) in [6, 6.07) is 4.06. The van der Waals surface area contributed by atoms with Crippen LogP contribution in [0.15, 0.2) is 24.4 Å². The zero-order valence-electron chi connectivity index (χ0n) is 6.42. The summed E-state index contributed by atoms with van der Waals surface area (Å²) >= 11 is 3.31. The fourth-order valence-electron chi connectivity index (χ4n) is 0.743. The van der Waals surface area contributed by atoms with Crippen molar-refractivity contribution in [1.29, 1.82) is 0 Å². The average Bonchev–Trinajstić information content (AvgIpc) is 2.04. The van der Waals surface area contributed by atoms with Crippen molar-refractivity contribution < 1.29 is 0 Å². The molecule has 0 aliphatic carbocycles. The van der Waals surface area contributed by atoms with Gasteiger partial charge in [-0.15, -0.1) is 0 Å². The number of hydrogen-bond donors (Lipinski definition) is 0. The van der Waals surface area contributed by atoms with E-state index in [-0.39, 0.29) is 0 Å². The molecule has 0 aromatic carbocycles. The number of halogens is 1. The lowest BCUT2D eigenvalue weighted by Crippen LogP contribution is -1.80. The zero-order valence-corrected chi connectivity index (χ0v) is 8.01. The molecule has 0 N–H and O–H groups in total. The monoisotopic (exact) mass is 211 g/mol. The van der Waals surface area contributed by atoms with Gasteiger partial charge in [0.25, 0.3) is 0 Å². The summed E-state index contributed by atoms with van der Waals surface area (Å²) in [7, 11) is 0. The molecule has 0 saturated heterocycles. The van der Waals surface area contributed by atoms with Gasteiger partial charge in [0.1, 0.15) is 0 Å². The van der Waals surface area contributed by atoms with Crippen LogP contribution in [-0.2, 0) is 0 Å². The van der Waals surface area contributed by atoms with Gasteiger partial charge in [0.2, 0.25) is 0 Å². The van der Waals surface area contributed by atoms with Crippen LogP contribution in [0.1, 0.15) is 11.3 Å². The Labute approximate surface area is 75.3 Å². The van der Waals surface area contributed by atoms with Gasteiger partial charge in [-0.3, -0.25) is 4.98 Å². The number of rotatable bonds is 2. The van der Waals surface area contributed by atoms with Gasteiger partial charge in [-0.2, -0.15) is 0 Å². The molecule has 0 atom stereocenters. The standard InChI is InChI=1S/C9H10BrN/c1-8-4-5-9(11-7-8)3-2-6-10/h2-5,7H,6H2,1H3. The lowest BCUT2D eigenvalue weighted by molar-refractivity contribution is 1.24. The first kappa shape index (κ1) is 8.47. The van der Waals surface area contributed by atoms with Crippen molar-refractivity contribution in [2.75, 3.05) is 5.33 Å². The van der Waals surface area contributed by atoms with Gasteiger partial charge < -0.3 is 0 Å². The largest absolute Gasteiger partial charge is 0.257 e. The Hall–Kier alpha value is -0.630. The van der Waals surface area contributed by atoms with Gasteiger partial charge in [-0.05, 0) is 24.6 Å². The number of nitrogens with zero attached hydrogens (tertiary/aromatic N) is 1. The van der Waals surface area contributed by atoms with Crippen LogP contribution in [0.25, 0.3) is 6.08 Å². The van der Waals surface area contributed by atoms with Crippen LogP contribution in [0.2, 0.25) is 0 Å². The second-order valence-electron chi connectivity index (χ2n) is 2.32. The third-order valence-electron chi connectivity index (χ3n) is 1.31. The molecule has 1 rings (SSSR count). The minimum Gasteiger partial charge on any atom is -0.257 e. The first-order chi connectivity index (χ1) is 5.33. The summed E-state index contributed by atoms with van der Waals surface area (Å²) in [5, 5.41) is 0.878. The average molecular weight is 212 g/mol. The predicted octanol–water partition coefficient (Wildman–Crippen LogP) is 2.80. The van der Waals surface area contributed by atoms with Crippen LogP contribution in [0.5, 0.6) is 0 Å². The van der Waals surface area contributed by atoms with E-state index in [2.05, 4.69) is 27.0 Å². The Bertz CT molecular complexity index is 238. The molecule has 0 fully saturated rings. The SMILES string of the molecule is Cc1ccc(C=CCBr)nc1. The number of alkyl halides is 1. The summed E-state index contributed by atoms with van der Waals surface area (Å²) < 4.78 is 0. The van der Waals surface area contributed by atoms with Gasteiger partial charge in [0.15, 0.2) is 0 Å². The normalized spacial score (nSPS) is 10.7. The molecule has 1 heterocycles. The van der Waals surface area contributed by atoms with Gasteiger partial charge in [0.05, 0.1) is 5.69 Å². The summed E-state index contributed by atoms with van der Waals surface area (Å²) in [6.45, 7) is 2.03. The van der Waals surface area contributed by atoms with Crippen LogP contribution in [0.3, 0.4) is 0 Å². The van der Waals surface area contributed by atoms with Crippen molar-refractivity contribution in [2.24, 2.45) is 0 Å². The fourth-order valence-corrected chi connectivity index (χ4v) is 0.930. The third-order valence-corrected chi connectivity index (χ3v) is 1.69. The maximum Gasteiger partial charge on any atom is 0.0626 e. The molecule has 58 valence electrons. The molecule has 0 radical (unpaired) electrons. The van der Waals surface area contributed by atoms with Crippen molar-refractivity contribution in [3.8, 4) is 0 Å². The minimum atomic E-state index is 0.878. The molecule has 0 amide bonds. The lowest BCUT2D eigenvalue weighted by atomic mass is 10.2. The van der Waals surface area contributed by atoms with E-state index in [4.69, 9.17) is 0 Å². The van der Waals surface area contributed by atoms with Crippen LogP contribution < -0.4 is 0 Å². The summed E-state index contributed by atoms with van der Waals surface area (Å²) in [5.74, 6) is 0. The van der Waals surface area contributed by atoms with Gasteiger partial charge in [-0.25, -0.2) is 0 Å². The van der Waals surface area contributed by atoms with Gasteiger partial charge >= 0.3 is 0 Å². The summed E-state index contributed by atoms with van der Waals surface area (Å²) in [6.07, 6.45) is 5.89. The van der Waals surface area contributed by atoms with E-state index in [9.17, 15) is 0 Å². The number of allylic oxidation sites excluding steroid dienone is 1. The van der Waals surface area contributed by atoms with Crippen LogP contribution in [0.4, 0.5) is 0 Å². The highest BCUT2D eigenvalue weighted by Gasteiger charge is 1.85. The predicted molar refractivity (Wildman–Crippen MR) is 51.8 cm³/mol. The highest BCUT2D eigenvalue weighted by atomic mass is 79.9. The first-order valence-corrected chi connectivity index (χ1v) is 4.60. The molecule has 0 saturated carbocycles. The Morgan fingerprint density at radius 3 is 2.91 bits per heavy atom. The number of aromatic nitrogens is 1. The summed E-state index contributed by atoms with van der Waals surface area (Å²) in [5.41, 5.74) is 2.20. The highest BCUT2D eigenvalue weighted by Crippen LogP contribution is 2.00. The molecule has 0 aliphatic heterocycles. The Morgan fingerprint density at radius 1 is 1.55 bits per heavy atom. The minimum absolute atomic E-state index is 0.878. The van der Waals surface area contributed by atoms with Crippen molar-refractivity contribution in [3.05, 3.63) is 35.7 Å². The number of aryl methyl sites for hydroxylation is 1. The van der Waals surface area contributed by atoms with E-state index in [0.717, 1.165) is 11.0 Å². The smallest absolute Gasteiger partial charge is 0.0626 e. The molecule has 2 heteroatoms. The van der Waals surface area contributed by atoms with Crippen LogP contribution in [-0.4, -0.2) is 10.3 Å². The van der Waals surface area contributed by atoms with E-state index in [1.165, 1.54) is 5.56 Å². The van der Waals surface area contributed by atoms with Crippen LogP contribution >= 0.6 is 15.9 Å². The maximum absolute atomic E-state index is 4.21. The zero-order chi connectivity index (χ0) is 8.10. The number of pyridine rings is 1. The molecule has 0 spiro atoms. The van der Waals surface area contributed by atoms with E-state index in [1.54, 1.807) is 0 Å². The quantitative estimate of drug-likeness (QED) is 0.687. The highest BCUT2D eigenvalue weighted by molar-refractivity contribution is 9.09. The first-order valence-electron chi connectivity index (χ1n) is 3.48. The topological polar surface area (TPSA) is 12.9 Å².